The van der Waals surface area contributed by atoms with Crippen LogP contribution in [-0.2, 0) is 64.6 Å². The van der Waals surface area contributed by atoms with Gasteiger partial charge in [0.15, 0.2) is 0 Å². The number of anilines is 2. The van der Waals surface area contributed by atoms with Gasteiger partial charge in [-0.05, 0) is 65.3 Å². The minimum atomic E-state index is -0.710. The number of amides is 2. The van der Waals surface area contributed by atoms with Crippen LogP contribution in [0.2, 0.25) is 0 Å². The van der Waals surface area contributed by atoms with Crippen molar-refractivity contribution in [2.75, 3.05) is 16.8 Å². The summed E-state index contributed by atoms with van der Waals surface area (Å²) in [7, 11) is 0. The Morgan fingerprint density at radius 3 is 1.39 bits per heavy atom. The van der Waals surface area contributed by atoms with E-state index in [1.165, 1.54) is 4.90 Å². The number of nitrogens with one attached hydrogen (secondary N) is 1. The number of ether oxygens (including phenoxy) is 4. The molecule has 1 N–H and O–H groups in total. The highest BCUT2D eigenvalue weighted by atomic mass is 16.6. The molecule has 10 rings (SSSR count). The van der Waals surface area contributed by atoms with E-state index in [-0.39, 0.29) is 64.2 Å². The van der Waals surface area contributed by atoms with E-state index in [1.807, 2.05) is 158 Å². The van der Waals surface area contributed by atoms with Crippen LogP contribution in [0.1, 0.15) is 72.4 Å². The highest BCUT2D eigenvalue weighted by Crippen LogP contribution is 2.50. The number of likely N-dealkylation sites (tertiary alicyclic amines) is 2. The number of hydrogen-bond acceptors (Lipinski definition) is 12. The number of likely N-dealkylation sites (N-methyl/N-ethyl adjacent to an activating group) is 1. The van der Waals surface area contributed by atoms with Gasteiger partial charge in [-0.15, -0.1) is 0 Å². The average Bonchev–Trinajstić information content (AvgIpc) is 4.15. The Kier molecular flexibility index (Phi) is 16.8. The van der Waals surface area contributed by atoms with Crippen LogP contribution in [-0.4, -0.2) is 71.0 Å². The summed E-state index contributed by atoms with van der Waals surface area (Å²) in [5.74, 6) is -0.790. The number of nitrogens with zero attached hydrogens (tertiary/aromatic N) is 3. The molecule has 14 nitrogen and oxygen atoms in total. The fourth-order valence-corrected chi connectivity index (χ4v) is 9.65. The van der Waals surface area contributed by atoms with Crippen molar-refractivity contribution in [1.29, 1.82) is 0 Å². The van der Waals surface area contributed by atoms with Gasteiger partial charge < -0.3 is 29.2 Å². The van der Waals surface area contributed by atoms with Crippen molar-refractivity contribution >= 4 is 41.7 Å². The highest BCUT2D eigenvalue weighted by Gasteiger charge is 2.55. The van der Waals surface area contributed by atoms with Gasteiger partial charge in [0.25, 0.3) is 0 Å². The molecular formula is C56H56N4O10. The van der Waals surface area contributed by atoms with Crippen LogP contribution in [0.5, 0.6) is 0 Å². The van der Waals surface area contributed by atoms with Gasteiger partial charge in [0, 0.05) is 29.8 Å². The molecule has 0 aliphatic carbocycles. The second kappa shape index (κ2) is 23.7. The summed E-state index contributed by atoms with van der Waals surface area (Å²) in [5, 5.41) is 3.40. The molecule has 4 aliphatic heterocycles. The first-order chi connectivity index (χ1) is 33.8. The molecule has 2 amide bonds. The normalized spacial score (nSPS) is 19.6. The van der Waals surface area contributed by atoms with Crippen LogP contribution in [0, 0.1) is 0 Å². The van der Waals surface area contributed by atoms with E-state index in [0.717, 1.165) is 44.8 Å². The van der Waals surface area contributed by atoms with Crippen molar-refractivity contribution in [2.24, 2.45) is 0 Å². The molecule has 0 aromatic heterocycles. The first-order valence-electron chi connectivity index (χ1n) is 22.9. The first kappa shape index (κ1) is 49.7. The smallest absolute Gasteiger partial charge is 0.412 e. The van der Waals surface area contributed by atoms with E-state index < -0.39 is 36.2 Å². The van der Waals surface area contributed by atoms with E-state index in [4.69, 9.17) is 28.5 Å². The lowest BCUT2D eigenvalue weighted by Crippen LogP contribution is -2.52. The van der Waals surface area contributed by atoms with Gasteiger partial charge in [0.2, 0.25) is 0 Å². The average molecular weight is 945 g/mol. The fourth-order valence-electron chi connectivity index (χ4n) is 9.65. The molecule has 360 valence electrons. The molecule has 2 fully saturated rings. The SMILES string of the molecule is C.CCN1c2ccccc2[C@H]2C[C@@H](C(=O)OCc3ccccc3)N(C(=O)OCc3ccccc3)[C@H]21.O=C(OCc1ccccc1)[C@@H]1CC2c3ccccc3NC2N1C(=O)OCc1ccccc1.O=C=O. The topological polar surface area (TPSA) is 161 Å². The highest BCUT2D eigenvalue weighted by molar-refractivity contribution is 5.85. The Labute approximate surface area is 407 Å². The van der Waals surface area contributed by atoms with Crippen LogP contribution in [0.15, 0.2) is 170 Å². The molecular weight excluding hydrogens is 889 g/mol. The van der Waals surface area contributed by atoms with Crippen molar-refractivity contribution in [3.63, 3.8) is 0 Å². The molecule has 4 heterocycles. The van der Waals surface area contributed by atoms with E-state index in [0.29, 0.717) is 19.4 Å². The lowest BCUT2D eigenvalue weighted by molar-refractivity contribution is -0.191. The Bertz CT molecular complexity index is 2720. The Morgan fingerprint density at radius 1 is 0.514 bits per heavy atom. The molecule has 70 heavy (non-hydrogen) atoms. The number of esters is 2. The van der Waals surface area contributed by atoms with Crippen LogP contribution in [0.25, 0.3) is 0 Å². The van der Waals surface area contributed by atoms with Crippen molar-refractivity contribution in [3.8, 4) is 0 Å². The van der Waals surface area contributed by atoms with Crippen molar-refractivity contribution < 1.29 is 47.7 Å². The molecule has 6 aromatic carbocycles. The molecule has 4 aliphatic rings. The Hall–Kier alpha value is -8.22. The zero-order valence-electron chi connectivity index (χ0n) is 38.0. The van der Waals surface area contributed by atoms with Gasteiger partial charge in [-0.2, -0.15) is 9.59 Å². The third-order valence-corrected chi connectivity index (χ3v) is 12.7. The van der Waals surface area contributed by atoms with Crippen LogP contribution in [0.4, 0.5) is 21.0 Å². The number of para-hydroxylation sites is 2. The second-order valence-electron chi connectivity index (χ2n) is 16.8. The van der Waals surface area contributed by atoms with Crippen LogP contribution < -0.4 is 10.2 Å². The number of benzene rings is 6. The van der Waals surface area contributed by atoms with Crippen LogP contribution >= 0.6 is 0 Å². The van der Waals surface area contributed by atoms with Gasteiger partial charge in [0.1, 0.15) is 50.8 Å². The van der Waals surface area contributed by atoms with E-state index >= 15 is 0 Å². The third-order valence-electron chi connectivity index (χ3n) is 12.7. The van der Waals surface area contributed by atoms with Crippen molar-refractivity contribution in [2.45, 2.75) is 89.9 Å². The predicted molar refractivity (Wildman–Crippen MR) is 261 cm³/mol. The summed E-state index contributed by atoms with van der Waals surface area (Å²) in [4.78, 5) is 74.5. The molecule has 0 spiro atoms. The fraction of sp³-hybridized carbons (Fsp3) is 0.268. The van der Waals surface area contributed by atoms with Gasteiger partial charge in [-0.25, -0.2) is 19.2 Å². The van der Waals surface area contributed by atoms with Gasteiger partial charge in [0.05, 0.1) is 0 Å². The van der Waals surface area contributed by atoms with Gasteiger partial charge in [-0.1, -0.05) is 165 Å². The summed E-state index contributed by atoms with van der Waals surface area (Å²) in [6.45, 7) is 3.42. The minimum absolute atomic E-state index is 0. The number of hydrogen-bond donors (Lipinski definition) is 1. The monoisotopic (exact) mass is 944 g/mol. The maximum Gasteiger partial charge on any atom is 0.412 e. The predicted octanol–water partition coefficient (Wildman–Crippen LogP) is 9.82. The van der Waals surface area contributed by atoms with E-state index in [9.17, 15) is 19.2 Å². The molecule has 2 unspecified atom stereocenters. The maximum atomic E-state index is 13.4. The van der Waals surface area contributed by atoms with Crippen molar-refractivity contribution in [1.82, 2.24) is 9.80 Å². The maximum absolute atomic E-state index is 13.4. The van der Waals surface area contributed by atoms with Crippen LogP contribution in [0.3, 0.4) is 0 Å². The summed E-state index contributed by atoms with van der Waals surface area (Å²) >= 11 is 0. The molecule has 0 radical (unpaired) electrons. The lowest BCUT2D eigenvalue weighted by atomic mass is 9.96. The molecule has 0 saturated carbocycles. The number of carbonyl (C=O) groups excluding carboxylic acids is 6. The zero-order valence-corrected chi connectivity index (χ0v) is 38.0. The third kappa shape index (κ3) is 11.2. The minimum Gasteiger partial charge on any atom is -0.459 e. The summed E-state index contributed by atoms with van der Waals surface area (Å²) < 4.78 is 22.6. The zero-order chi connectivity index (χ0) is 48.1. The molecule has 14 heteroatoms. The lowest BCUT2D eigenvalue weighted by Gasteiger charge is -2.34. The summed E-state index contributed by atoms with van der Waals surface area (Å²) in [6, 6.07) is 52.9. The number of carbonyl (C=O) groups is 4. The second-order valence-corrected chi connectivity index (χ2v) is 16.8. The molecule has 2 saturated heterocycles. The number of fused-ring (bicyclic) bond motifs is 6. The molecule has 6 atom stereocenters. The number of rotatable bonds is 11. The summed E-state index contributed by atoms with van der Waals surface area (Å²) in [5.41, 5.74) is 7.97. The summed E-state index contributed by atoms with van der Waals surface area (Å²) in [6.07, 6.45) is -0.396. The Morgan fingerprint density at radius 2 is 0.900 bits per heavy atom. The van der Waals surface area contributed by atoms with Gasteiger partial charge >= 0.3 is 30.3 Å². The standard InChI is InChI=1S/C28H28N2O4.C26H24N2O4.CO2.CH4/c1-2-29-24-16-10-9-15-22(24)23-17-25(27(31)33-18-20-11-5-3-6-12-20)30(26(23)29)28(32)34-19-21-13-7-4-8-14-21;29-25(31-16-18-9-3-1-4-10-18)23-15-21-20-13-7-8-14-22(20)27-24(21)28(23)26(30)32-17-19-11-5-2-6-12-19;2-1-3;/h3-16,23,25-26H,2,17-19H2,1H3;1-14,21,23-24,27H,15-17H2;;1H4/t23-,25+,26-;21?,23-,24?;;/m10../s1. The first-order valence-corrected chi connectivity index (χ1v) is 22.9. The van der Waals surface area contributed by atoms with E-state index in [1.54, 1.807) is 4.90 Å². The Balaban J connectivity index is 0.000000193. The molecule has 6 aromatic rings. The largest absolute Gasteiger partial charge is 0.459 e. The quantitative estimate of drug-likeness (QED) is 0.0969. The van der Waals surface area contributed by atoms with Crippen molar-refractivity contribution in [3.05, 3.63) is 203 Å². The molecule has 0 bridgehead atoms. The van der Waals surface area contributed by atoms with Gasteiger partial charge in [-0.3, -0.25) is 9.80 Å². The van der Waals surface area contributed by atoms with E-state index in [2.05, 4.69) is 29.3 Å².